The van der Waals surface area contributed by atoms with Crippen LogP contribution in [0.2, 0.25) is 0 Å². The van der Waals surface area contributed by atoms with Crippen LogP contribution in [-0.2, 0) is 0 Å². The number of anilines is 1. The lowest BCUT2D eigenvalue weighted by atomic mass is 9.94. The monoisotopic (exact) mass is 361 g/mol. The zero-order chi connectivity index (χ0) is 18.5. The summed E-state index contributed by atoms with van der Waals surface area (Å²) in [6, 6.07) is 20.8. The van der Waals surface area contributed by atoms with Crippen LogP contribution >= 0.6 is 12.2 Å². The molecule has 0 aliphatic heterocycles. The molecule has 1 aromatic heterocycles. The van der Waals surface area contributed by atoms with E-state index in [0.29, 0.717) is 5.11 Å². The Balaban J connectivity index is 1.87. The molecule has 0 saturated carbocycles. The van der Waals surface area contributed by atoms with Gasteiger partial charge in [-0.3, -0.25) is 0 Å². The summed E-state index contributed by atoms with van der Waals surface area (Å²) >= 11 is 5.56. The van der Waals surface area contributed by atoms with Crippen molar-refractivity contribution in [2.45, 2.75) is 26.8 Å². The predicted molar refractivity (Wildman–Crippen MR) is 113 cm³/mol. The number of nitrogens with one attached hydrogen (secondary N) is 2. The molecule has 1 atom stereocenters. The van der Waals surface area contributed by atoms with Gasteiger partial charge in [0.05, 0.1) is 6.04 Å². The van der Waals surface area contributed by atoms with E-state index in [4.69, 9.17) is 12.2 Å². The van der Waals surface area contributed by atoms with E-state index in [9.17, 15) is 0 Å². The number of hydrogen-bond acceptors (Lipinski definition) is 2. The average molecular weight is 362 g/mol. The highest BCUT2D eigenvalue weighted by Gasteiger charge is 2.17. The van der Waals surface area contributed by atoms with E-state index in [1.54, 1.807) is 6.20 Å². The first-order chi connectivity index (χ1) is 12.5. The van der Waals surface area contributed by atoms with Crippen LogP contribution in [-0.4, -0.2) is 10.1 Å². The topological polar surface area (TPSA) is 37.0 Å². The normalized spacial score (nSPS) is 11.7. The molecule has 0 fully saturated rings. The maximum Gasteiger partial charge on any atom is 0.172 e. The van der Waals surface area contributed by atoms with Crippen molar-refractivity contribution in [3.8, 4) is 0 Å². The fraction of sp³-hybridized carbons (Fsp3) is 0.182. The Morgan fingerprint density at radius 2 is 1.65 bits per heavy atom. The highest BCUT2D eigenvalue weighted by molar-refractivity contribution is 7.80. The number of benzene rings is 2. The van der Waals surface area contributed by atoms with Crippen LogP contribution in [0, 0.1) is 20.8 Å². The average Bonchev–Trinajstić information content (AvgIpc) is 2.61. The molecule has 0 unspecified atom stereocenters. The number of pyridine rings is 1. The summed E-state index contributed by atoms with van der Waals surface area (Å²) < 4.78 is 0. The molecule has 0 saturated heterocycles. The highest BCUT2D eigenvalue weighted by atomic mass is 32.1. The van der Waals surface area contributed by atoms with Crippen LogP contribution in [0.3, 0.4) is 0 Å². The molecule has 0 aliphatic carbocycles. The van der Waals surface area contributed by atoms with Crippen molar-refractivity contribution in [3.05, 3.63) is 94.7 Å². The van der Waals surface area contributed by atoms with Crippen molar-refractivity contribution >= 4 is 23.1 Å². The van der Waals surface area contributed by atoms with Gasteiger partial charge in [0.25, 0.3) is 0 Å². The first kappa shape index (κ1) is 18.1. The molecule has 0 amide bonds. The van der Waals surface area contributed by atoms with Crippen LogP contribution in [0.1, 0.15) is 33.9 Å². The van der Waals surface area contributed by atoms with Crippen molar-refractivity contribution < 1.29 is 0 Å². The van der Waals surface area contributed by atoms with Gasteiger partial charge in [0.15, 0.2) is 5.11 Å². The molecular formula is C22H23N3S. The molecule has 3 nitrogen and oxygen atoms in total. The van der Waals surface area contributed by atoms with Gasteiger partial charge in [0, 0.05) is 6.20 Å². The van der Waals surface area contributed by atoms with Crippen molar-refractivity contribution in [1.29, 1.82) is 0 Å². The molecule has 0 spiro atoms. The van der Waals surface area contributed by atoms with E-state index >= 15 is 0 Å². The third-order valence-corrected chi connectivity index (χ3v) is 4.52. The Morgan fingerprint density at radius 1 is 0.923 bits per heavy atom. The summed E-state index contributed by atoms with van der Waals surface area (Å²) in [4.78, 5) is 4.32. The molecule has 4 heteroatoms. The van der Waals surface area contributed by atoms with Gasteiger partial charge < -0.3 is 10.6 Å². The van der Waals surface area contributed by atoms with Crippen molar-refractivity contribution in [2.75, 3.05) is 5.32 Å². The second-order valence-electron chi connectivity index (χ2n) is 6.52. The van der Waals surface area contributed by atoms with Gasteiger partial charge in [-0.1, -0.05) is 54.1 Å². The molecule has 26 heavy (non-hydrogen) atoms. The largest absolute Gasteiger partial charge is 0.351 e. The molecule has 3 aromatic rings. The minimum atomic E-state index is -0.0263. The molecule has 1 heterocycles. The van der Waals surface area contributed by atoms with E-state index in [0.717, 1.165) is 11.4 Å². The number of hydrogen-bond donors (Lipinski definition) is 2. The summed E-state index contributed by atoms with van der Waals surface area (Å²) in [6.07, 6.45) is 1.78. The van der Waals surface area contributed by atoms with E-state index in [-0.39, 0.29) is 6.04 Å². The molecule has 2 N–H and O–H groups in total. The minimum absolute atomic E-state index is 0.0263. The van der Waals surface area contributed by atoms with Crippen LogP contribution in [0.25, 0.3) is 0 Å². The van der Waals surface area contributed by atoms with Gasteiger partial charge in [-0.05, 0) is 67.4 Å². The SMILES string of the molecule is Cc1ccnc(NC(=S)N[C@@H](c2ccccc2)c2ccc(C)cc2C)c1. The van der Waals surface area contributed by atoms with Crippen molar-refractivity contribution in [3.63, 3.8) is 0 Å². The summed E-state index contributed by atoms with van der Waals surface area (Å²) in [5.41, 5.74) is 6.01. The zero-order valence-corrected chi connectivity index (χ0v) is 16.1. The molecule has 0 aliphatic rings. The molecule has 132 valence electrons. The molecule has 3 rings (SSSR count). The van der Waals surface area contributed by atoms with E-state index in [2.05, 4.69) is 59.8 Å². The smallest absolute Gasteiger partial charge is 0.172 e. The Morgan fingerprint density at radius 3 is 2.35 bits per heavy atom. The van der Waals surface area contributed by atoms with E-state index < -0.39 is 0 Å². The number of thiocarbonyl (C=S) groups is 1. The summed E-state index contributed by atoms with van der Waals surface area (Å²) in [5.74, 6) is 0.745. The van der Waals surface area contributed by atoms with Gasteiger partial charge in [0.1, 0.15) is 5.82 Å². The molecular weight excluding hydrogens is 338 g/mol. The maximum atomic E-state index is 5.56. The lowest BCUT2D eigenvalue weighted by molar-refractivity contribution is 0.761. The standard InChI is InChI=1S/C22H23N3S/c1-15-9-10-19(17(3)13-15)21(18-7-5-4-6-8-18)25-22(26)24-20-14-16(2)11-12-23-20/h4-14,21H,1-3H3,(H2,23,24,25,26)/t21-/m0/s1. The Kier molecular flexibility index (Phi) is 5.64. The van der Waals surface area contributed by atoms with Crippen LogP contribution < -0.4 is 10.6 Å². The van der Waals surface area contributed by atoms with Gasteiger partial charge in [0.2, 0.25) is 0 Å². The summed E-state index contributed by atoms with van der Waals surface area (Å²) in [7, 11) is 0. The van der Waals surface area contributed by atoms with Gasteiger partial charge >= 0.3 is 0 Å². The second kappa shape index (κ2) is 8.11. The third-order valence-electron chi connectivity index (χ3n) is 4.30. The van der Waals surface area contributed by atoms with Crippen LogP contribution in [0.5, 0.6) is 0 Å². The van der Waals surface area contributed by atoms with E-state index in [1.807, 2.05) is 37.3 Å². The lowest BCUT2D eigenvalue weighted by Crippen LogP contribution is -2.33. The van der Waals surface area contributed by atoms with Crippen LogP contribution in [0.15, 0.2) is 66.9 Å². The highest BCUT2D eigenvalue weighted by Crippen LogP contribution is 2.26. The Bertz CT molecular complexity index is 906. The summed E-state index contributed by atoms with van der Waals surface area (Å²) in [6.45, 7) is 6.28. The minimum Gasteiger partial charge on any atom is -0.351 e. The third kappa shape index (κ3) is 4.46. The van der Waals surface area contributed by atoms with Gasteiger partial charge in [-0.15, -0.1) is 0 Å². The number of aryl methyl sites for hydroxylation is 3. The quantitative estimate of drug-likeness (QED) is 0.635. The second-order valence-corrected chi connectivity index (χ2v) is 6.93. The van der Waals surface area contributed by atoms with Gasteiger partial charge in [-0.25, -0.2) is 4.98 Å². The lowest BCUT2D eigenvalue weighted by Gasteiger charge is -2.23. The first-order valence-corrected chi connectivity index (χ1v) is 9.06. The number of nitrogens with zero attached hydrogens (tertiary/aromatic N) is 1. The number of rotatable bonds is 4. The Labute approximate surface area is 160 Å². The molecule has 0 radical (unpaired) electrons. The fourth-order valence-corrected chi connectivity index (χ4v) is 3.25. The first-order valence-electron chi connectivity index (χ1n) is 8.65. The molecule has 0 bridgehead atoms. The van der Waals surface area contributed by atoms with Gasteiger partial charge in [-0.2, -0.15) is 0 Å². The van der Waals surface area contributed by atoms with E-state index in [1.165, 1.54) is 22.3 Å². The predicted octanol–water partition coefficient (Wildman–Crippen LogP) is 5.08. The Hall–Kier alpha value is -2.72. The molecule has 2 aromatic carbocycles. The van der Waals surface area contributed by atoms with Crippen molar-refractivity contribution in [2.24, 2.45) is 0 Å². The van der Waals surface area contributed by atoms with Crippen molar-refractivity contribution in [1.82, 2.24) is 10.3 Å². The summed E-state index contributed by atoms with van der Waals surface area (Å²) in [5, 5.41) is 7.20. The zero-order valence-electron chi connectivity index (χ0n) is 15.3. The van der Waals surface area contributed by atoms with Crippen LogP contribution in [0.4, 0.5) is 5.82 Å². The maximum absolute atomic E-state index is 5.56. The fourth-order valence-electron chi connectivity index (χ4n) is 3.02. The number of aromatic nitrogens is 1.